The molecule has 2 atom stereocenters. The Kier molecular flexibility index (Phi) is 21.3. The number of nitrogens with zero attached hydrogens (tertiary/aromatic N) is 1. The molecule has 220 valence electrons. The van der Waals surface area contributed by atoms with Crippen LogP contribution in [0.25, 0.3) is 0 Å². The fraction of sp³-hybridized carbons (Fsp3) is 0.926. The molecule has 0 amide bonds. The second-order valence-corrected chi connectivity index (χ2v) is 12.2. The van der Waals surface area contributed by atoms with Gasteiger partial charge in [0.05, 0.1) is 27.7 Å². The molecule has 0 aliphatic heterocycles. The van der Waals surface area contributed by atoms with Gasteiger partial charge in [0, 0.05) is 12.8 Å². The first-order valence-corrected chi connectivity index (χ1v) is 15.7. The Morgan fingerprint density at radius 3 is 1.76 bits per heavy atom. The lowest BCUT2D eigenvalue weighted by Gasteiger charge is -2.28. The first-order chi connectivity index (χ1) is 17.5. The molecule has 0 saturated carbocycles. The average Bonchev–Trinajstić information content (AvgIpc) is 2.81. The summed E-state index contributed by atoms with van der Waals surface area (Å²) in [7, 11) is 1.16. The van der Waals surface area contributed by atoms with E-state index in [9.17, 15) is 19.0 Å². The number of carbonyl (C=O) groups excluding carboxylic acids is 2. The van der Waals surface area contributed by atoms with Gasteiger partial charge in [0.1, 0.15) is 19.8 Å². The molecule has 10 heteroatoms. The van der Waals surface area contributed by atoms with Crippen molar-refractivity contribution in [3.05, 3.63) is 0 Å². The van der Waals surface area contributed by atoms with Crippen molar-refractivity contribution in [3.63, 3.8) is 0 Å². The summed E-state index contributed by atoms with van der Waals surface area (Å²) < 4.78 is 33.2. The van der Waals surface area contributed by atoms with Crippen molar-refractivity contribution >= 4 is 19.8 Å². The summed E-state index contributed by atoms with van der Waals surface area (Å²) in [5.74, 6) is -0.859. The first kappa shape index (κ1) is 36.0. The van der Waals surface area contributed by atoms with Gasteiger partial charge in [-0.2, -0.15) is 0 Å². The van der Waals surface area contributed by atoms with Crippen LogP contribution in [0.4, 0.5) is 0 Å². The maximum absolute atomic E-state index is 12.4. The van der Waals surface area contributed by atoms with Crippen LogP contribution in [0.3, 0.4) is 0 Å². The number of likely N-dealkylation sites (N-methyl/N-ethyl adjacent to an activating group) is 1. The van der Waals surface area contributed by atoms with E-state index < -0.39 is 32.5 Å². The average molecular weight is 552 g/mol. The lowest BCUT2D eigenvalue weighted by Crippen LogP contribution is -2.37. The van der Waals surface area contributed by atoms with E-state index in [0.717, 1.165) is 44.9 Å². The van der Waals surface area contributed by atoms with E-state index >= 15 is 0 Å². The molecule has 0 heterocycles. The Balaban J connectivity index is 4.54. The Bertz CT molecular complexity index is 638. The smallest absolute Gasteiger partial charge is 0.306 e. The van der Waals surface area contributed by atoms with Crippen LogP contribution in [0.15, 0.2) is 0 Å². The molecule has 0 aliphatic carbocycles. The molecule has 0 bridgehead atoms. The molecule has 37 heavy (non-hydrogen) atoms. The predicted molar refractivity (Wildman–Crippen MR) is 144 cm³/mol. The predicted octanol–water partition coefficient (Wildman–Crippen LogP) is 5.54. The van der Waals surface area contributed by atoms with E-state index in [1.54, 1.807) is 0 Å². The Morgan fingerprint density at radius 2 is 1.22 bits per heavy atom. The summed E-state index contributed by atoms with van der Waals surface area (Å²) in [5, 5.41) is 0. The van der Waals surface area contributed by atoms with Gasteiger partial charge in [-0.25, -0.2) is 0 Å². The third-order valence-corrected chi connectivity index (χ3v) is 6.84. The van der Waals surface area contributed by atoms with Crippen molar-refractivity contribution in [2.45, 2.75) is 116 Å². The summed E-state index contributed by atoms with van der Waals surface area (Å²) in [4.78, 5) is 36.5. The lowest BCUT2D eigenvalue weighted by atomic mass is 10.1. The number of phosphoric acid groups is 1. The molecule has 2 unspecified atom stereocenters. The van der Waals surface area contributed by atoms with Gasteiger partial charge in [-0.3, -0.25) is 14.2 Å². The van der Waals surface area contributed by atoms with Gasteiger partial charge in [0.25, 0.3) is 7.82 Å². The molecule has 0 aromatic heterocycles. The number of phosphoric ester groups is 1. The second-order valence-electron chi connectivity index (χ2n) is 10.8. The van der Waals surface area contributed by atoms with Crippen LogP contribution in [-0.4, -0.2) is 70.0 Å². The Hall–Kier alpha value is -0.990. The van der Waals surface area contributed by atoms with Gasteiger partial charge in [-0.15, -0.1) is 0 Å². The number of hydrogen-bond donors (Lipinski definition) is 0. The van der Waals surface area contributed by atoms with E-state index in [-0.39, 0.29) is 26.1 Å². The highest BCUT2D eigenvalue weighted by atomic mass is 31.2. The Labute approximate surface area is 225 Å². The summed E-state index contributed by atoms with van der Waals surface area (Å²) in [5.41, 5.74) is 0. The van der Waals surface area contributed by atoms with Crippen LogP contribution in [0.5, 0.6) is 0 Å². The minimum atomic E-state index is -4.58. The summed E-state index contributed by atoms with van der Waals surface area (Å²) in [6.07, 6.45) is 13.4. The molecular formula is C27H54NO8P. The zero-order valence-corrected chi connectivity index (χ0v) is 25.1. The normalized spacial score (nSPS) is 14.2. The fourth-order valence-corrected chi connectivity index (χ4v) is 4.26. The van der Waals surface area contributed by atoms with Crippen molar-refractivity contribution in [1.29, 1.82) is 0 Å². The minimum absolute atomic E-state index is 0.0277. The zero-order chi connectivity index (χ0) is 28.0. The number of esters is 2. The van der Waals surface area contributed by atoms with Crippen molar-refractivity contribution in [2.75, 3.05) is 47.5 Å². The van der Waals surface area contributed by atoms with Gasteiger partial charge in [-0.05, 0) is 12.8 Å². The minimum Gasteiger partial charge on any atom is -0.756 e. The van der Waals surface area contributed by atoms with Crippen LogP contribution in [0.2, 0.25) is 0 Å². The Morgan fingerprint density at radius 1 is 0.730 bits per heavy atom. The van der Waals surface area contributed by atoms with E-state index in [4.69, 9.17) is 18.5 Å². The largest absolute Gasteiger partial charge is 0.756 e. The highest BCUT2D eigenvalue weighted by molar-refractivity contribution is 7.45. The first-order valence-electron chi connectivity index (χ1n) is 14.2. The lowest BCUT2D eigenvalue weighted by molar-refractivity contribution is -0.870. The van der Waals surface area contributed by atoms with Crippen LogP contribution in [-0.2, 0) is 32.7 Å². The number of ether oxygens (including phenoxy) is 2. The number of quaternary nitrogens is 1. The highest BCUT2D eigenvalue weighted by Crippen LogP contribution is 2.38. The van der Waals surface area contributed by atoms with Crippen molar-refractivity contribution < 1.29 is 42.1 Å². The van der Waals surface area contributed by atoms with Gasteiger partial charge in [0.15, 0.2) is 6.10 Å². The van der Waals surface area contributed by atoms with Crippen LogP contribution in [0, 0.1) is 0 Å². The number of hydrogen-bond acceptors (Lipinski definition) is 8. The van der Waals surface area contributed by atoms with Crippen LogP contribution >= 0.6 is 7.82 Å². The number of rotatable bonds is 25. The van der Waals surface area contributed by atoms with Gasteiger partial charge in [0.2, 0.25) is 0 Å². The summed E-state index contributed by atoms with van der Waals surface area (Å²) >= 11 is 0. The van der Waals surface area contributed by atoms with Gasteiger partial charge < -0.3 is 27.9 Å². The maximum Gasteiger partial charge on any atom is 0.306 e. The topological polar surface area (TPSA) is 111 Å². The van der Waals surface area contributed by atoms with E-state index in [1.165, 1.54) is 32.1 Å². The van der Waals surface area contributed by atoms with Crippen molar-refractivity contribution in [1.82, 2.24) is 0 Å². The van der Waals surface area contributed by atoms with E-state index in [1.807, 2.05) is 21.1 Å². The molecule has 0 fully saturated rings. The maximum atomic E-state index is 12.4. The fourth-order valence-electron chi connectivity index (χ4n) is 3.53. The molecule has 9 nitrogen and oxygen atoms in total. The molecular weight excluding hydrogens is 497 g/mol. The molecule has 0 aromatic rings. The van der Waals surface area contributed by atoms with Crippen molar-refractivity contribution in [2.24, 2.45) is 0 Å². The molecule has 0 spiro atoms. The standard InChI is InChI=1S/C27H54NO8P/c1-6-8-10-12-13-14-15-16-18-20-27(30)36-25(23-33-26(29)19-17-11-9-7-2)24-35-37(31,32)34-22-21-28(3,4)5/h25H,6-24H2,1-5H3. The van der Waals surface area contributed by atoms with Crippen molar-refractivity contribution in [3.8, 4) is 0 Å². The summed E-state index contributed by atoms with van der Waals surface area (Å²) in [6, 6.07) is 0. The number of unbranched alkanes of at least 4 members (excludes halogenated alkanes) is 11. The summed E-state index contributed by atoms with van der Waals surface area (Å²) in [6.45, 7) is 4.02. The molecule has 0 N–H and O–H groups in total. The zero-order valence-electron chi connectivity index (χ0n) is 24.2. The second kappa shape index (κ2) is 21.9. The van der Waals surface area contributed by atoms with Gasteiger partial charge >= 0.3 is 11.9 Å². The van der Waals surface area contributed by atoms with Crippen LogP contribution < -0.4 is 4.89 Å². The number of carbonyl (C=O) groups is 2. The third-order valence-electron chi connectivity index (χ3n) is 5.88. The van der Waals surface area contributed by atoms with E-state index in [0.29, 0.717) is 17.4 Å². The van der Waals surface area contributed by atoms with Gasteiger partial charge in [-0.1, -0.05) is 84.5 Å². The highest BCUT2D eigenvalue weighted by Gasteiger charge is 2.21. The molecule has 0 radical (unpaired) electrons. The third kappa shape index (κ3) is 25.1. The monoisotopic (exact) mass is 551 g/mol. The molecule has 0 aliphatic rings. The van der Waals surface area contributed by atoms with E-state index in [2.05, 4.69) is 13.8 Å². The van der Waals surface area contributed by atoms with Crippen LogP contribution in [0.1, 0.15) is 110 Å². The molecule has 0 saturated heterocycles. The SMILES string of the molecule is CCCCCCCCCCCC(=O)OC(COC(=O)CCCCCC)COP(=O)([O-])OCC[N+](C)(C)C. The quantitative estimate of drug-likeness (QED) is 0.0629. The molecule has 0 aromatic carbocycles. The molecule has 0 rings (SSSR count).